The van der Waals surface area contributed by atoms with Gasteiger partial charge in [-0.25, -0.2) is 0 Å². The van der Waals surface area contributed by atoms with Gasteiger partial charge in [0.25, 0.3) is 11.6 Å². The maximum absolute atomic E-state index is 13.3. The van der Waals surface area contributed by atoms with Crippen molar-refractivity contribution >= 4 is 35.0 Å². The van der Waals surface area contributed by atoms with Crippen LogP contribution in [0, 0.1) is 17.0 Å². The summed E-state index contributed by atoms with van der Waals surface area (Å²) in [6, 6.07) is 13.0. The lowest BCUT2D eigenvalue weighted by molar-refractivity contribution is -0.384. The number of likely N-dealkylation sites (tertiary alicyclic amines) is 1. The molecule has 1 fully saturated rings. The second kappa shape index (κ2) is 11.2. The number of hydrogen-bond donors (Lipinski definition) is 1. The molecule has 1 aliphatic heterocycles. The molecule has 1 unspecified atom stereocenters. The Morgan fingerprint density at radius 3 is 2.72 bits per heavy atom. The normalized spacial score (nSPS) is 15.0. The molecule has 1 N–H and O–H groups in total. The van der Waals surface area contributed by atoms with Crippen molar-refractivity contribution in [3.8, 4) is 0 Å². The largest absolute Gasteiger partial charge is 0.328 e. The lowest BCUT2D eigenvalue weighted by atomic mass is 10.1. The molecule has 2 aromatic carbocycles. The zero-order chi connectivity index (χ0) is 25.7. The van der Waals surface area contributed by atoms with Crippen molar-refractivity contribution in [2.75, 3.05) is 17.6 Å². The molecule has 4 rings (SSSR count). The number of benzene rings is 2. The first-order chi connectivity index (χ1) is 17.4. The highest BCUT2D eigenvalue weighted by molar-refractivity contribution is 7.99. The van der Waals surface area contributed by atoms with E-state index in [4.69, 9.17) is 0 Å². The minimum absolute atomic E-state index is 0.0361. The summed E-state index contributed by atoms with van der Waals surface area (Å²) in [6.45, 7) is 6.87. The molecular weight excluding hydrogens is 480 g/mol. The van der Waals surface area contributed by atoms with Crippen LogP contribution in [0.4, 0.5) is 11.4 Å². The number of nitro benzene ring substituents is 1. The average molecular weight is 507 g/mol. The summed E-state index contributed by atoms with van der Waals surface area (Å²) in [6.07, 6.45) is 3.37. The number of allylic oxidation sites excluding steroid dienone is 1. The topological polar surface area (TPSA) is 123 Å². The van der Waals surface area contributed by atoms with Gasteiger partial charge in [0, 0.05) is 36.5 Å². The molecule has 0 spiro atoms. The fraction of sp³-hybridized carbons (Fsp3) is 0.280. The number of non-ortho nitro benzene ring substituents is 1. The number of nitro groups is 1. The number of aromatic nitrogens is 3. The number of aryl methyl sites for hydroxylation is 1. The highest BCUT2D eigenvalue weighted by Crippen LogP contribution is 2.34. The molecule has 1 aliphatic rings. The summed E-state index contributed by atoms with van der Waals surface area (Å²) in [7, 11) is 0. The Morgan fingerprint density at radius 1 is 1.25 bits per heavy atom. The van der Waals surface area contributed by atoms with Crippen LogP contribution < -0.4 is 5.32 Å². The Kier molecular flexibility index (Phi) is 7.79. The molecule has 10 nitrogen and oxygen atoms in total. The number of carbonyl (C=O) groups is 2. The van der Waals surface area contributed by atoms with E-state index in [1.54, 1.807) is 6.08 Å². The van der Waals surface area contributed by atoms with Crippen LogP contribution in [0.1, 0.15) is 40.6 Å². The van der Waals surface area contributed by atoms with Crippen molar-refractivity contribution in [2.24, 2.45) is 0 Å². The first-order valence-electron chi connectivity index (χ1n) is 11.5. The lowest BCUT2D eigenvalue weighted by Gasteiger charge is -2.25. The molecule has 11 heteroatoms. The molecule has 0 radical (unpaired) electrons. The van der Waals surface area contributed by atoms with Crippen LogP contribution in [-0.2, 0) is 11.3 Å². The van der Waals surface area contributed by atoms with Crippen molar-refractivity contribution < 1.29 is 14.5 Å². The highest BCUT2D eigenvalue weighted by Gasteiger charge is 2.34. The van der Waals surface area contributed by atoms with E-state index in [1.807, 2.05) is 40.7 Å². The molecule has 1 saturated heterocycles. The number of nitrogens with one attached hydrogen (secondary N) is 1. The third kappa shape index (κ3) is 5.62. The average Bonchev–Trinajstić information content (AvgIpc) is 3.50. The third-order valence-electron chi connectivity index (χ3n) is 5.83. The minimum Gasteiger partial charge on any atom is -0.328 e. The van der Waals surface area contributed by atoms with Crippen LogP contribution in [0.5, 0.6) is 0 Å². The number of amides is 2. The summed E-state index contributed by atoms with van der Waals surface area (Å²) in [5, 5.41) is 22.8. The lowest BCUT2D eigenvalue weighted by Crippen LogP contribution is -2.32. The van der Waals surface area contributed by atoms with Gasteiger partial charge in [0.1, 0.15) is 0 Å². The fourth-order valence-corrected chi connectivity index (χ4v) is 4.92. The second-order valence-corrected chi connectivity index (χ2v) is 9.35. The summed E-state index contributed by atoms with van der Waals surface area (Å²) >= 11 is 1.23. The van der Waals surface area contributed by atoms with E-state index in [2.05, 4.69) is 22.1 Å². The maximum atomic E-state index is 13.3. The highest BCUT2D eigenvalue weighted by atomic mass is 32.2. The summed E-state index contributed by atoms with van der Waals surface area (Å²) in [4.78, 5) is 37.9. The summed E-state index contributed by atoms with van der Waals surface area (Å²) < 4.78 is 1.89. The number of hydrogen-bond acceptors (Lipinski definition) is 7. The smallest absolute Gasteiger partial charge is 0.269 e. The standard InChI is InChI=1S/C25H26N6O4S/c1-3-13-30-23(21-8-5-14-29(21)24(33)18-7-4-6-17(2)15-18)27-28-25(30)36-16-22(32)26-19-9-11-20(12-10-19)31(34)35/h3-4,6-7,9-12,15,21H,1,5,8,13-14,16H2,2H3,(H,26,32). The van der Waals surface area contributed by atoms with Crippen molar-refractivity contribution in [3.05, 3.63) is 88.3 Å². The van der Waals surface area contributed by atoms with E-state index < -0.39 is 4.92 Å². The van der Waals surface area contributed by atoms with Gasteiger partial charge in [-0.15, -0.1) is 16.8 Å². The monoisotopic (exact) mass is 506 g/mol. The van der Waals surface area contributed by atoms with Crippen LogP contribution in [0.25, 0.3) is 0 Å². The Hall–Kier alpha value is -3.99. The number of rotatable bonds is 9. The van der Waals surface area contributed by atoms with Crippen molar-refractivity contribution in [1.29, 1.82) is 0 Å². The van der Waals surface area contributed by atoms with Gasteiger partial charge in [-0.05, 0) is 44.0 Å². The van der Waals surface area contributed by atoms with Gasteiger partial charge in [-0.1, -0.05) is 35.5 Å². The summed E-state index contributed by atoms with van der Waals surface area (Å²) in [5.41, 5.74) is 2.09. The zero-order valence-electron chi connectivity index (χ0n) is 19.8. The number of thioether (sulfide) groups is 1. The van der Waals surface area contributed by atoms with Gasteiger partial charge in [-0.2, -0.15) is 0 Å². The molecule has 2 heterocycles. The van der Waals surface area contributed by atoms with Crippen molar-refractivity contribution in [1.82, 2.24) is 19.7 Å². The number of anilines is 1. The molecule has 1 atom stereocenters. The van der Waals surface area contributed by atoms with Gasteiger partial charge < -0.3 is 14.8 Å². The number of carbonyl (C=O) groups excluding carboxylic acids is 2. The minimum atomic E-state index is -0.495. The molecule has 0 aliphatic carbocycles. The van der Waals surface area contributed by atoms with Crippen LogP contribution in [0.2, 0.25) is 0 Å². The quantitative estimate of drug-likeness (QED) is 0.198. The second-order valence-electron chi connectivity index (χ2n) is 8.41. The summed E-state index contributed by atoms with van der Waals surface area (Å²) in [5.74, 6) is 0.432. The van der Waals surface area contributed by atoms with Gasteiger partial charge in [0.15, 0.2) is 11.0 Å². The van der Waals surface area contributed by atoms with E-state index in [1.165, 1.54) is 36.0 Å². The molecule has 0 bridgehead atoms. The number of nitrogens with zero attached hydrogens (tertiary/aromatic N) is 5. The van der Waals surface area contributed by atoms with E-state index in [0.29, 0.717) is 35.3 Å². The maximum Gasteiger partial charge on any atom is 0.269 e. The molecule has 1 aromatic heterocycles. The first-order valence-corrected chi connectivity index (χ1v) is 12.4. The van der Waals surface area contributed by atoms with E-state index in [-0.39, 0.29) is 29.3 Å². The van der Waals surface area contributed by atoms with Crippen molar-refractivity contribution in [2.45, 2.75) is 37.5 Å². The van der Waals surface area contributed by atoms with Crippen LogP contribution in [0.15, 0.2) is 66.3 Å². The molecule has 0 saturated carbocycles. The molecular formula is C25H26N6O4S. The van der Waals surface area contributed by atoms with Gasteiger partial charge in [0.05, 0.1) is 16.7 Å². The van der Waals surface area contributed by atoms with Gasteiger partial charge in [0.2, 0.25) is 5.91 Å². The van der Waals surface area contributed by atoms with Crippen molar-refractivity contribution in [3.63, 3.8) is 0 Å². The molecule has 186 valence electrons. The van der Waals surface area contributed by atoms with Crippen LogP contribution in [0.3, 0.4) is 0 Å². The predicted octanol–water partition coefficient (Wildman–Crippen LogP) is 4.39. The first kappa shape index (κ1) is 25.1. The Labute approximate surface area is 212 Å². The van der Waals surface area contributed by atoms with Gasteiger partial charge >= 0.3 is 0 Å². The molecule has 3 aromatic rings. The Morgan fingerprint density at radius 2 is 2.03 bits per heavy atom. The van der Waals surface area contributed by atoms with E-state index in [0.717, 1.165) is 18.4 Å². The van der Waals surface area contributed by atoms with Crippen LogP contribution >= 0.6 is 11.8 Å². The fourth-order valence-electron chi connectivity index (χ4n) is 4.17. The van der Waals surface area contributed by atoms with Crippen LogP contribution in [-0.4, -0.2) is 48.7 Å². The predicted molar refractivity (Wildman–Crippen MR) is 137 cm³/mol. The van der Waals surface area contributed by atoms with E-state index in [9.17, 15) is 19.7 Å². The van der Waals surface area contributed by atoms with E-state index >= 15 is 0 Å². The molecule has 2 amide bonds. The Balaban J connectivity index is 1.46. The van der Waals surface area contributed by atoms with Gasteiger partial charge in [-0.3, -0.25) is 19.7 Å². The SMILES string of the molecule is C=CCn1c(SCC(=O)Nc2ccc([N+](=O)[O-])cc2)nnc1C1CCCN1C(=O)c1cccc(C)c1. The zero-order valence-corrected chi connectivity index (χ0v) is 20.6. The molecule has 36 heavy (non-hydrogen) atoms. The Bertz CT molecular complexity index is 1290. The third-order valence-corrected chi connectivity index (χ3v) is 6.79.